The van der Waals surface area contributed by atoms with Crippen LogP contribution < -0.4 is 5.09 Å². The van der Waals surface area contributed by atoms with Crippen molar-refractivity contribution in [3.8, 4) is 0 Å². The van der Waals surface area contributed by atoms with Gasteiger partial charge in [-0.05, 0) is 26.8 Å². The highest BCUT2D eigenvalue weighted by Crippen LogP contribution is 2.17. The van der Waals surface area contributed by atoms with E-state index in [0.29, 0.717) is 0 Å². The van der Waals surface area contributed by atoms with E-state index in [2.05, 4.69) is 42.9 Å². The highest BCUT2D eigenvalue weighted by Gasteiger charge is 1.94. The summed E-state index contributed by atoms with van der Waals surface area (Å²) in [5, 5.41) is 3.32. The molecule has 1 nitrogen and oxygen atoms in total. The average molecular weight is 193 g/mol. The summed E-state index contributed by atoms with van der Waals surface area (Å²) in [5.74, 6) is 0. The van der Waals surface area contributed by atoms with Crippen molar-refractivity contribution in [3.05, 3.63) is 48.0 Å². The molecule has 0 fully saturated rings. The van der Waals surface area contributed by atoms with Crippen molar-refractivity contribution in [1.29, 1.82) is 0 Å². The third kappa shape index (κ3) is 3.71. The molecule has 1 aromatic rings. The van der Waals surface area contributed by atoms with Crippen LogP contribution in [0.15, 0.2) is 36.9 Å². The molecule has 0 heterocycles. The van der Waals surface area contributed by atoms with Crippen LogP contribution in [0, 0.1) is 6.92 Å². The molecule has 0 saturated carbocycles. The van der Waals surface area contributed by atoms with Crippen LogP contribution in [0.2, 0.25) is 0 Å². The van der Waals surface area contributed by atoms with Crippen molar-refractivity contribution >= 4 is 8.73 Å². The number of rotatable bonds is 5. The van der Waals surface area contributed by atoms with E-state index in [9.17, 15) is 0 Å². The second kappa shape index (κ2) is 5.90. The minimum absolute atomic E-state index is 0.792. The molecule has 0 aliphatic heterocycles. The van der Waals surface area contributed by atoms with Crippen LogP contribution in [-0.4, -0.2) is 6.54 Å². The normalized spacial score (nSPS) is 10.8. The van der Waals surface area contributed by atoms with Gasteiger partial charge in [0, 0.05) is 12.7 Å². The predicted octanol–water partition coefficient (Wildman–Crippen LogP) is 2.86. The number of hydrogen-bond donors (Lipinski definition) is 1. The highest BCUT2D eigenvalue weighted by atomic mass is 31.1. The first-order valence-corrected chi connectivity index (χ1v) is 5.66. The third-order valence-corrected chi connectivity index (χ3v) is 2.92. The average Bonchev–Trinajstić information content (AvgIpc) is 2.15. The first-order valence-electron chi connectivity index (χ1n) is 4.45. The zero-order chi connectivity index (χ0) is 9.52. The van der Waals surface area contributed by atoms with Crippen molar-refractivity contribution in [3.63, 3.8) is 0 Å². The number of hydrogen-bond acceptors (Lipinski definition) is 1. The van der Waals surface area contributed by atoms with Crippen molar-refractivity contribution in [2.45, 2.75) is 13.1 Å². The van der Waals surface area contributed by atoms with Crippen molar-refractivity contribution in [1.82, 2.24) is 5.09 Å². The van der Waals surface area contributed by atoms with Gasteiger partial charge in [-0.3, -0.25) is 5.09 Å². The summed E-state index contributed by atoms with van der Waals surface area (Å²) in [7, 11) is 0.792. The van der Waals surface area contributed by atoms with E-state index in [1.165, 1.54) is 11.1 Å². The Labute approximate surface area is 82.1 Å². The molecule has 0 radical (unpaired) electrons. The molecule has 1 atom stereocenters. The minimum Gasteiger partial charge on any atom is -0.294 e. The van der Waals surface area contributed by atoms with E-state index >= 15 is 0 Å². The fourth-order valence-electron chi connectivity index (χ4n) is 1.11. The lowest BCUT2D eigenvalue weighted by atomic mass is 10.1. The summed E-state index contributed by atoms with van der Waals surface area (Å²) in [4.78, 5) is 0. The second-order valence-electron chi connectivity index (χ2n) is 2.95. The Morgan fingerprint density at radius 2 is 2.23 bits per heavy atom. The van der Waals surface area contributed by atoms with Gasteiger partial charge in [-0.15, -0.1) is 6.58 Å². The third-order valence-electron chi connectivity index (χ3n) is 1.91. The molecule has 0 aliphatic rings. The molecule has 1 N–H and O–H groups in total. The van der Waals surface area contributed by atoms with Gasteiger partial charge in [0.1, 0.15) is 0 Å². The Morgan fingerprint density at radius 3 is 2.92 bits per heavy atom. The first-order chi connectivity index (χ1) is 6.34. The van der Waals surface area contributed by atoms with E-state index in [1.807, 2.05) is 6.08 Å². The molecule has 70 valence electrons. The summed E-state index contributed by atoms with van der Waals surface area (Å²) in [5.41, 5.74) is 2.83. The van der Waals surface area contributed by atoms with Crippen LogP contribution in [0.5, 0.6) is 0 Å². The van der Waals surface area contributed by atoms with Crippen LogP contribution in [-0.2, 0) is 6.16 Å². The van der Waals surface area contributed by atoms with Crippen LogP contribution in [0.25, 0.3) is 0 Å². The lowest BCUT2D eigenvalue weighted by Gasteiger charge is -2.05. The van der Waals surface area contributed by atoms with Gasteiger partial charge in [0.25, 0.3) is 0 Å². The van der Waals surface area contributed by atoms with Crippen LogP contribution in [0.1, 0.15) is 11.1 Å². The molecule has 0 saturated heterocycles. The molecule has 13 heavy (non-hydrogen) atoms. The molecule has 1 aromatic carbocycles. The Hall–Kier alpha value is -0.650. The van der Waals surface area contributed by atoms with E-state index < -0.39 is 0 Å². The van der Waals surface area contributed by atoms with Gasteiger partial charge >= 0.3 is 0 Å². The van der Waals surface area contributed by atoms with Gasteiger partial charge in [-0.1, -0.05) is 30.3 Å². The number of aryl methyl sites for hydroxylation is 1. The smallest absolute Gasteiger partial charge is 0.0166 e. The number of benzene rings is 1. The Kier molecular flexibility index (Phi) is 4.74. The van der Waals surface area contributed by atoms with E-state index in [0.717, 1.165) is 21.4 Å². The predicted molar refractivity (Wildman–Crippen MR) is 61.4 cm³/mol. The topological polar surface area (TPSA) is 12.0 Å². The molecule has 2 heteroatoms. The van der Waals surface area contributed by atoms with Gasteiger partial charge < -0.3 is 0 Å². The fourth-order valence-corrected chi connectivity index (χ4v) is 2.11. The van der Waals surface area contributed by atoms with Crippen LogP contribution >= 0.6 is 8.73 Å². The largest absolute Gasteiger partial charge is 0.294 e. The van der Waals surface area contributed by atoms with Gasteiger partial charge in [0.05, 0.1) is 0 Å². The molecule has 0 spiro atoms. The van der Waals surface area contributed by atoms with Crippen molar-refractivity contribution < 1.29 is 0 Å². The number of nitrogens with one attached hydrogen (secondary N) is 1. The maximum atomic E-state index is 3.66. The first kappa shape index (κ1) is 10.4. The van der Waals surface area contributed by atoms with Crippen LogP contribution in [0.3, 0.4) is 0 Å². The monoisotopic (exact) mass is 193 g/mol. The summed E-state index contributed by atoms with van der Waals surface area (Å²) in [6.07, 6.45) is 3.02. The van der Waals surface area contributed by atoms with Crippen molar-refractivity contribution in [2.75, 3.05) is 6.54 Å². The summed E-state index contributed by atoms with van der Waals surface area (Å²) in [6, 6.07) is 8.53. The molecule has 0 aromatic heterocycles. The molecule has 0 amide bonds. The highest BCUT2D eigenvalue weighted by molar-refractivity contribution is 7.34. The molecular formula is C11H16NP. The van der Waals surface area contributed by atoms with Gasteiger partial charge in [0.15, 0.2) is 0 Å². The maximum absolute atomic E-state index is 3.66. The molecule has 1 unspecified atom stereocenters. The van der Waals surface area contributed by atoms with Gasteiger partial charge in [0.2, 0.25) is 0 Å². The van der Waals surface area contributed by atoms with E-state index in [4.69, 9.17) is 0 Å². The standard InChI is InChI=1S/C11H16NP/c1-3-8-12-13-9-11-7-5-4-6-10(11)2/h3-7,12-13H,1,8-9H2,2H3. The quantitative estimate of drug-likeness (QED) is 0.430. The SMILES string of the molecule is C=CCNPCc1ccccc1C. The Bertz CT molecular complexity index is 271. The molecule has 0 aliphatic carbocycles. The van der Waals surface area contributed by atoms with E-state index in [1.54, 1.807) is 0 Å². The van der Waals surface area contributed by atoms with Gasteiger partial charge in [-0.2, -0.15) is 0 Å². The van der Waals surface area contributed by atoms with E-state index in [-0.39, 0.29) is 0 Å². The maximum Gasteiger partial charge on any atom is 0.0166 e. The lowest BCUT2D eigenvalue weighted by molar-refractivity contribution is 1.11. The summed E-state index contributed by atoms with van der Waals surface area (Å²) >= 11 is 0. The summed E-state index contributed by atoms with van der Waals surface area (Å²) in [6.45, 7) is 6.73. The second-order valence-corrected chi connectivity index (χ2v) is 4.01. The minimum atomic E-state index is 0.792. The lowest BCUT2D eigenvalue weighted by Crippen LogP contribution is -2.00. The van der Waals surface area contributed by atoms with Gasteiger partial charge in [-0.25, -0.2) is 0 Å². The summed E-state index contributed by atoms with van der Waals surface area (Å²) < 4.78 is 0. The molecule has 1 rings (SSSR count). The molecular weight excluding hydrogens is 177 g/mol. The zero-order valence-electron chi connectivity index (χ0n) is 8.01. The zero-order valence-corrected chi connectivity index (χ0v) is 9.01. The fraction of sp³-hybridized carbons (Fsp3) is 0.273. The van der Waals surface area contributed by atoms with Crippen LogP contribution in [0.4, 0.5) is 0 Å². The molecule has 0 bridgehead atoms. The Morgan fingerprint density at radius 1 is 1.46 bits per heavy atom. The Balaban J connectivity index is 2.36. The van der Waals surface area contributed by atoms with Crippen molar-refractivity contribution in [2.24, 2.45) is 0 Å².